The lowest BCUT2D eigenvalue weighted by molar-refractivity contribution is 0.0296. The number of benzene rings is 2. The van der Waals surface area contributed by atoms with Gasteiger partial charge in [0.05, 0.1) is 11.1 Å². The highest BCUT2D eigenvalue weighted by molar-refractivity contribution is 6.15. The second kappa shape index (κ2) is 13.3. The summed E-state index contributed by atoms with van der Waals surface area (Å²) in [5, 5.41) is 11.7. The fourth-order valence-electron chi connectivity index (χ4n) is 5.02. The molecule has 2 heterocycles. The number of aromatic hydroxyl groups is 1. The fraction of sp³-hybridized carbons (Fsp3) is 0.455. The Labute approximate surface area is 242 Å². The van der Waals surface area contributed by atoms with Crippen LogP contribution >= 0.6 is 0 Å². The van der Waals surface area contributed by atoms with Gasteiger partial charge >= 0.3 is 6.09 Å². The van der Waals surface area contributed by atoms with E-state index in [1.807, 2.05) is 58.3 Å². The predicted molar refractivity (Wildman–Crippen MR) is 162 cm³/mol. The fourth-order valence-corrected chi connectivity index (χ4v) is 5.02. The van der Waals surface area contributed by atoms with E-state index in [-0.39, 0.29) is 23.4 Å². The van der Waals surface area contributed by atoms with Crippen molar-refractivity contribution in [1.29, 1.82) is 0 Å². The van der Waals surface area contributed by atoms with Gasteiger partial charge in [0.25, 0.3) is 0 Å². The maximum absolute atomic E-state index is 13.1. The molecule has 1 aromatic heterocycles. The molecule has 8 nitrogen and oxygen atoms in total. The largest absolute Gasteiger partial charge is 0.507 e. The number of fused-ring (bicyclic) bond motifs is 2. The first kappa shape index (κ1) is 30.2. The van der Waals surface area contributed by atoms with Crippen LogP contribution in [0.25, 0.3) is 17.0 Å². The van der Waals surface area contributed by atoms with Crippen LogP contribution in [-0.4, -0.2) is 64.6 Å². The van der Waals surface area contributed by atoms with Crippen LogP contribution in [0.3, 0.4) is 0 Å². The molecule has 1 amide bonds. The number of ketones is 1. The average molecular weight is 562 g/mol. The molecule has 0 unspecified atom stereocenters. The number of carbonyl (C=O) groups is 2. The molecule has 2 N–H and O–H groups in total. The molecule has 0 atom stereocenters. The quantitative estimate of drug-likeness (QED) is 0.180. The Hall–Kier alpha value is -3.78. The number of aromatic nitrogens is 1. The van der Waals surface area contributed by atoms with E-state index in [4.69, 9.17) is 9.47 Å². The third-order valence-electron chi connectivity index (χ3n) is 7.24. The monoisotopic (exact) mass is 561 g/mol. The SMILES string of the molecule is CN(CCCCCCCCN(C)C(=O)OC(C)(C)C)Cc1c(O)ccc2c1O/C(=C\c1c[nH]c3ccccc13)C2=O. The third kappa shape index (κ3) is 7.91. The van der Waals surface area contributed by atoms with E-state index in [2.05, 4.69) is 9.88 Å². The van der Waals surface area contributed by atoms with Crippen LogP contribution in [0.4, 0.5) is 4.79 Å². The molecular weight excluding hydrogens is 518 g/mol. The minimum absolute atomic E-state index is 0.132. The van der Waals surface area contributed by atoms with Gasteiger partial charge in [0.2, 0.25) is 5.78 Å². The Morgan fingerprint density at radius 1 is 1.00 bits per heavy atom. The van der Waals surface area contributed by atoms with Crippen LogP contribution in [0.5, 0.6) is 11.5 Å². The molecule has 2 aromatic carbocycles. The molecule has 0 fully saturated rings. The summed E-state index contributed by atoms with van der Waals surface area (Å²) in [7, 11) is 3.80. The van der Waals surface area contributed by atoms with Crippen molar-refractivity contribution in [3.05, 3.63) is 65.0 Å². The van der Waals surface area contributed by atoms with Gasteiger partial charge in [-0.2, -0.15) is 0 Å². The number of nitrogens with one attached hydrogen (secondary N) is 1. The van der Waals surface area contributed by atoms with Gasteiger partial charge in [-0.25, -0.2) is 4.79 Å². The molecule has 0 spiro atoms. The number of ether oxygens (including phenoxy) is 2. The van der Waals surface area contributed by atoms with Crippen LogP contribution in [0.1, 0.15) is 80.8 Å². The predicted octanol–water partition coefficient (Wildman–Crippen LogP) is 7.13. The summed E-state index contributed by atoms with van der Waals surface area (Å²) in [6, 6.07) is 11.1. The second-order valence-electron chi connectivity index (χ2n) is 11.9. The van der Waals surface area contributed by atoms with E-state index < -0.39 is 5.60 Å². The maximum Gasteiger partial charge on any atom is 0.410 e. The molecule has 220 valence electrons. The van der Waals surface area contributed by atoms with Gasteiger partial charge in [-0.05, 0) is 71.5 Å². The highest BCUT2D eigenvalue weighted by Gasteiger charge is 2.31. The number of hydrogen-bond acceptors (Lipinski definition) is 6. The number of unbranched alkanes of at least 4 members (excludes halogenated alkanes) is 5. The highest BCUT2D eigenvalue weighted by Crippen LogP contribution is 2.40. The van der Waals surface area contributed by atoms with Crippen LogP contribution in [-0.2, 0) is 11.3 Å². The molecule has 1 aliphatic rings. The molecule has 4 rings (SSSR count). The second-order valence-corrected chi connectivity index (χ2v) is 11.9. The molecule has 1 aliphatic heterocycles. The molecule has 3 aromatic rings. The van der Waals surface area contributed by atoms with Gasteiger partial charge in [0.1, 0.15) is 17.1 Å². The number of allylic oxidation sites excluding steroid dienone is 1. The van der Waals surface area contributed by atoms with Crippen LogP contribution in [0.2, 0.25) is 0 Å². The number of phenols is 1. The number of carbonyl (C=O) groups excluding carboxylic acids is 2. The number of para-hydroxylation sites is 1. The lowest BCUT2D eigenvalue weighted by Crippen LogP contribution is -2.34. The summed E-state index contributed by atoms with van der Waals surface area (Å²) >= 11 is 0. The van der Waals surface area contributed by atoms with E-state index >= 15 is 0 Å². The van der Waals surface area contributed by atoms with Gasteiger partial charge in [-0.15, -0.1) is 0 Å². The summed E-state index contributed by atoms with van der Waals surface area (Å²) in [4.78, 5) is 32.2. The average Bonchev–Trinajstić information content (AvgIpc) is 3.47. The van der Waals surface area contributed by atoms with Crippen LogP contribution in [0.15, 0.2) is 48.4 Å². The number of amides is 1. The van der Waals surface area contributed by atoms with Gasteiger partial charge in [-0.1, -0.05) is 43.9 Å². The van der Waals surface area contributed by atoms with E-state index in [1.165, 1.54) is 0 Å². The summed E-state index contributed by atoms with van der Waals surface area (Å²) in [6.07, 6.45) is 9.80. The Morgan fingerprint density at radius 2 is 1.68 bits per heavy atom. The van der Waals surface area contributed by atoms with E-state index in [9.17, 15) is 14.7 Å². The lowest BCUT2D eigenvalue weighted by atomic mass is 10.0. The van der Waals surface area contributed by atoms with Gasteiger partial charge < -0.3 is 29.4 Å². The van der Waals surface area contributed by atoms with Crippen molar-refractivity contribution in [2.75, 3.05) is 27.2 Å². The first-order chi connectivity index (χ1) is 19.5. The van der Waals surface area contributed by atoms with Crippen LogP contribution in [0, 0.1) is 0 Å². The van der Waals surface area contributed by atoms with Crippen molar-refractivity contribution >= 4 is 28.9 Å². The molecule has 0 saturated carbocycles. The molecule has 0 aliphatic carbocycles. The summed E-state index contributed by atoms with van der Waals surface area (Å²) in [5.74, 6) is 0.667. The van der Waals surface area contributed by atoms with Crippen molar-refractivity contribution in [2.24, 2.45) is 0 Å². The van der Waals surface area contributed by atoms with Crippen LogP contribution < -0.4 is 4.74 Å². The van der Waals surface area contributed by atoms with Crippen molar-refractivity contribution in [3.8, 4) is 11.5 Å². The highest BCUT2D eigenvalue weighted by atomic mass is 16.6. The molecule has 0 saturated heterocycles. The molecule has 0 bridgehead atoms. The number of hydrogen-bond donors (Lipinski definition) is 2. The first-order valence-electron chi connectivity index (χ1n) is 14.5. The zero-order valence-corrected chi connectivity index (χ0v) is 25.0. The van der Waals surface area contributed by atoms with Crippen molar-refractivity contribution < 1.29 is 24.2 Å². The number of aromatic amines is 1. The molecule has 8 heteroatoms. The normalized spacial score (nSPS) is 14.1. The number of phenolic OH excluding ortho intramolecular Hbond substituents is 1. The molecular formula is C33H43N3O5. The number of H-pyrrole nitrogens is 1. The Balaban J connectivity index is 1.22. The Kier molecular flexibility index (Phi) is 9.76. The van der Waals surface area contributed by atoms with E-state index in [0.29, 0.717) is 30.0 Å². The first-order valence-corrected chi connectivity index (χ1v) is 14.5. The lowest BCUT2D eigenvalue weighted by Gasteiger charge is -2.24. The smallest absolute Gasteiger partial charge is 0.410 e. The standard InChI is InChI=1S/C33H43N3O5/c1-33(2,3)41-32(39)36(5)19-13-9-7-6-8-12-18-35(4)22-26-28(37)17-16-25-30(38)29(40-31(25)26)20-23-21-34-27-15-11-10-14-24(23)27/h10-11,14-17,20-21,34,37H,6-9,12-13,18-19,22H2,1-5H3/b29-20-. The maximum atomic E-state index is 13.1. The van der Waals surface area contributed by atoms with E-state index in [0.717, 1.165) is 61.5 Å². The number of Topliss-reactive ketones (excluding diaryl/α,β-unsaturated/α-hetero) is 1. The molecule has 0 radical (unpaired) electrons. The van der Waals surface area contributed by atoms with Gasteiger partial charge in [0, 0.05) is 42.8 Å². The minimum Gasteiger partial charge on any atom is -0.507 e. The summed E-state index contributed by atoms with van der Waals surface area (Å²) in [6.45, 7) is 7.68. The van der Waals surface area contributed by atoms with Gasteiger partial charge in [-0.3, -0.25) is 4.79 Å². The third-order valence-corrected chi connectivity index (χ3v) is 7.24. The molecule has 41 heavy (non-hydrogen) atoms. The van der Waals surface area contributed by atoms with Crippen molar-refractivity contribution in [2.45, 2.75) is 71.4 Å². The number of rotatable bonds is 12. The minimum atomic E-state index is -0.472. The number of nitrogens with zero attached hydrogens (tertiary/aromatic N) is 2. The summed E-state index contributed by atoms with van der Waals surface area (Å²) in [5.41, 5.74) is 2.52. The Bertz CT molecular complexity index is 1400. The Morgan fingerprint density at radius 3 is 2.41 bits per heavy atom. The van der Waals surface area contributed by atoms with Crippen molar-refractivity contribution in [3.63, 3.8) is 0 Å². The van der Waals surface area contributed by atoms with Gasteiger partial charge in [0.15, 0.2) is 5.76 Å². The van der Waals surface area contributed by atoms with Crippen molar-refractivity contribution in [1.82, 2.24) is 14.8 Å². The zero-order chi connectivity index (χ0) is 29.6. The summed E-state index contributed by atoms with van der Waals surface area (Å²) < 4.78 is 11.5. The van der Waals surface area contributed by atoms with E-state index in [1.54, 1.807) is 30.2 Å². The topological polar surface area (TPSA) is 95.1 Å². The zero-order valence-electron chi connectivity index (χ0n) is 25.0.